The van der Waals surface area contributed by atoms with Gasteiger partial charge in [-0.3, -0.25) is 29.0 Å². The first-order valence-electron chi connectivity index (χ1n) is 21.5. The summed E-state index contributed by atoms with van der Waals surface area (Å²) in [6.45, 7) is 12.1. The van der Waals surface area contributed by atoms with Gasteiger partial charge in [0, 0.05) is 79.1 Å². The highest BCUT2D eigenvalue weighted by molar-refractivity contribution is 6.02. The molecule has 0 spiro atoms. The Balaban J connectivity index is 1.53. The number of aromatic hydroxyl groups is 1. The lowest BCUT2D eigenvalue weighted by Crippen LogP contribution is -2.46. The largest absolute Gasteiger partial charge is 0.507 e. The topological polar surface area (TPSA) is 219 Å². The van der Waals surface area contributed by atoms with Crippen LogP contribution in [0.2, 0.25) is 0 Å². The molecule has 5 rings (SSSR count). The van der Waals surface area contributed by atoms with Gasteiger partial charge in [-0.05, 0) is 91.2 Å². The molecule has 63 heavy (non-hydrogen) atoms. The molecule has 0 radical (unpaired) electrons. The van der Waals surface area contributed by atoms with Gasteiger partial charge in [-0.15, -0.1) is 0 Å². The van der Waals surface area contributed by atoms with E-state index in [0.717, 1.165) is 11.3 Å². The van der Waals surface area contributed by atoms with Gasteiger partial charge in [-0.2, -0.15) is 5.26 Å². The predicted octanol–water partition coefficient (Wildman–Crippen LogP) is 6.62. The summed E-state index contributed by atoms with van der Waals surface area (Å²) in [5.74, 6) is -3.76. The Kier molecular flexibility index (Phi) is 15.8. The number of aryl methyl sites for hydroxylation is 2. The fourth-order valence-electron chi connectivity index (χ4n) is 8.23. The molecule has 2 heterocycles. The number of phenolic OH excluding ortho intramolecular Hbond substituents is 1. The average molecular weight is 857 g/mol. The summed E-state index contributed by atoms with van der Waals surface area (Å²) in [5.41, 5.74) is 18.1. The maximum absolute atomic E-state index is 14.7. The van der Waals surface area contributed by atoms with Crippen molar-refractivity contribution in [3.63, 3.8) is 0 Å². The third kappa shape index (κ3) is 11.4. The molecule has 13 nitrogen and oxygen atoms in total. The highest BCUT2D eigenvalue weighted by atomic mass is 16.5. The van der Waals surface area contributed by atoms with Crippen LogP contribution in [-0.4, -0.2) is 76.9 Å². The van der Waals surface area contributed by atoms with Crippen molar-refractivity contribution in [1.82, 2.24) is 15.2 Å². The predicted molar refractivity (Wildman–Crippen MR) is 242 cm³/mol. The molecular formula is C50H60N6O7. The van der Waals surface area contributed by atoms with Crippen molar-refractivity contribution >= 4 is 29.2 Å². The number of nitrogens with zero attached hydrogens (tertiary/aromatic N) is 3. The lowest BCUT2D eigenvalue weighted by atomic mass is 9.86. The fraction of sp³-hybridized carbons (Fsp3) is 0.420. The van der Waals surface area contributed by atoms with Crippen LogP contribution in [0.1, 0.15) is 104 Å². The van der Waals surface area contributed by atoms with E-state index >= 15 is 0 Å². The number of pyridine rings is 1. The Labute approximate surface area is 370 Å². The van der Waals surface area contributed by atoms with Crippen LogP contribution in [0.5, 0.6) is 11.5 Å². The summed E-state index contributed by atoms with van der Waals surface area (Å²) < 4.78 is 6.02. The van der Waals surface area contributed by atoms with E-state index in [9.17, 15) is 34.3 Å². The van der Waals surface area contributed by atoms with Crippen molar-refractivity contribution in [1.29, 1.82) is 5.26 Å². The second kappa shape index (κ2) is 20.8. The number of benzene rings is 3. The molecule has 0 unspecified atom stereocenters. The lowest BCUT2D eigenvalue weighted by Gasteiger charge is -2.32. The maximum Gasteiger partial charge on any atom is 0.226 e. The second-order valence-corrected chi connectivity index (χ2v) is 17.6. The Hall–Kier alpha value is -6.23. The van der Waals surface area contributed by atoms with Gasteiger partial charge < -0.3 is 31.5 Å². The zero-order valence-corrected chi connectivity index (χ0v) is 37.4. The summed E-state index contributed by atoms with van der Waals surface area (Å²) in [6.07, 6.45) is -0.412. The van der Waals surface area contributed by atoms with Crippen molar-refractivity contribution in [2.75, 3.05) is 26.7 Å². The maximum atomic E-state index is 14.7. The summed E-state index contributed by atoms with van der Waals surface area (Å²) in [6, 6.07) is 19.5. The third-order valence-electron chi connectivity index (χ3n) is 11.7. The van der Waals surface area contributed by atoms with Crippen LogP contribution < -0.4 is 21.5 Å². The summed E-state index contributed by atoms with van der Waals surface area (Å²) >= 11 is 0. The standard InChI is InChI=1S/C50H60N6O7/c1-29-23-39(33-11-14-36(15-12-33)50(4,5)6)54-31(3)46(29)43(59)28-35(18-20-52)49(62)56(7)47-34-13-17-45(63-22-21-53)38(27-34)37-25-32(10-16-41(37)57)26-40(42(58)9-8-19-51)55-48(61)30(2)24-44(47)60/h10-17,23,25,27,30,35,40,47,57H,8-9,18,20-22,24,26,28,52-53H2,1-7H3,(H,55,61)/t30-,35-,40+,47+/m1/s1. The number of carbonyl (C=O) groups excluding carboxylic acids is 5. The number of phenols is 1. The fourth-order valence-corrected chi connectivity index (χ4v) is 8.23. The van der Waals surface area contributed by atoms with Crippen LogP contribution in [-0.2, 0) is 31.0 Å². The number of carbonyl (C=O) groups is 5. The zero-order valence-electron chi connectivity index (χ0n) is 37.4. The molecule has 0 aliphatic carbocycles. The third-order valence-corrected chi connectivity index (χ3v) is 11.7. The van der Waals surface area contributed by atoms with Crippen LogP contribution in [0.4, 0.5) is 0 Å². The SMILES string of the molecule is Cc1cc(-c2ccc(C(C)(C)C)cc2)nc(C)c1C(=O)C[C@@H](CCN)C(=O)N(C)[C@@H]1C(=O)C[C@@H](C)C(=O)N[C@H](C(=O)CCC#N)Cc2ccc(O)c(c2)-c2cc1ccc2OCCN. The van der Waals surface area contributed by atoms with E-state index in [1.165, 1.54) is 23.6 Å². The Morgan fingerprint density at radius 3 is 2.33 bits per heavy atom. The first-order chi connectivity index (χ1) is 29.9. The molecule has 4 atom stereocenters. The quantitative estimate of drug-likeness (QED) is 0.0988. The number of aromatic nitrogens is 1. The van der Waals surface area contributed by atoms with Gasteiger partial charge in [-0.1, -0.05) is 64.1 Å². The number of Topliss-reactive ketones (excluding diaryl/α,β-unsaturated/α-hetero) is 3. The van der Waals surface area contributed by atoms with Crippen LogP contribution in [0.15, 0.2) is 66.7 Å². The molecule has 6 N–H and O–H groups in total. The van der Waals surface area contributed by atoms with Crippen molar-refractivity contribution in [3.8, 4) is 40.0 Å². The van der Waals surface area contributed by atoms with Gasteiger partial charge in [0.2, 0.25) is 11.8 Å². The number of likely N-dealkylation sites (N-methyl/N-ethyl adjacent to an activating group) is 1. The molecule has 1 aliphatic rings. The average Bonchev–Trinajstić information content (AvgIpc) is 3.24. The van der Waals surface area contributed by atoms with E-state index in [0.29, 0.717) is 44.8 Å². The van der Waals surface area contributed by atoms with Gasteiger partial charge in [-0.25, -0.2) is 0 Å². The molecule has 0 saturated carbocycles. The van der Waals surface area contributed by atoms with Crippen molar-refractivity contribution in [3.05, 3.63) is 100 Å². The normalized spacial score (nSPS) is 17.2. The summed E-state index contributed by atoms with van der Waals surface area (Å²) in [7, 11) is 1.49. The van der Waals surface area contributed by atoms with Gasteiger partial charge >= 0.3 is 0 Å². The molecule has 0 fully saturated rings. The summed E-state index contributed by atoms with van der Waals surface area (Å²) in [5, 5.41) is 23.2. The van der Waals surface area contributed by atoms with Crippen LogP contribution in [0.25, 0.3) is 22.4 Å². The van der Waals surface area contributed by atoms with E-state index in [-0.39, 0.29) is 81.0 Å². The number of ketones is 3. The van der Waals surface area contributed by atoms with E-state index in [1.807, 2.05) is 31.2 Å². The number of rotatable bonds is 14. The summed E-state index contributed by atoms with van der Waals surface area (Å²) in [4.78, 5) is 76.7. The molecule has 0 saturated heterocycles. The van der Waals surface area contributed by atoms with Crippen LogP contribution in [0.3, 0.4) is 0 Å². The van der Waals surface area contributed by atoms with Gasteiger partial charge in [0.05, 0.1) is 17.8 Å². The Morgan fingerprint density at radius 2 is 1.70 bits per heavy atom. The number of nitriles is 1. The minimum absolute atomic E-state index is 0.00993. The molecule has 4 bridgehead atoms. The Bertz CT molecular complexity index is 2370. The monoisotopic (exact) mass is 856 g/mol. The van der Waals surface area contributed by atoms with Crippen LogP contribution in [0, 0.1) is 37.0 Å². The minimum atomic E-state index is -1.25. The van der Waals surface area contributed by atoms with E-state index < -0.39 is 41.5 Å². The number of nitrogens with two attached hydrogens (primary N) is 2. The molecule has 1 aliphatic heterocycles. The van der Waals surface area contributed by atoms with E-state index in [1.54, 1.807) is 44.2 Å². The highest BCUT2D eigenvalue weighted by Crippen LogP contribution is 2.40. The van der Waals surface area contributed by atoms with Crippen molar-refractivity contribution in [2.24, 2.45) is 23.3 Å². The highest BCUT2D eigenvalue weighted by Gasteiger charge is 2.36. The number of amides is 2. The van der Waals surface area contributed by atoms with Crippen molar-refractivity contribution in [2.45, 2.75) is 97.6 Å². The van der Waals surface area contributed by atoms with Crippen molar-refractivity contribution < 1.29 is 33.8 Å². The molecule has 3 aromatic carbocycles. The lowest BCUT2D eigenvalue weighted by molar-refractivity contribution is -0.142. The van der Waals surface area contributed by atoms with Crippen LogP contribution >= 0.6 is 0 Å². The molecular weight excluding hydrogens is 797 g/mol. The zero-order chi connectivity index (χ0) is 46.2. The first-order valence-corrected chi connectivity index (χ1v) is 21.5. The first kappa shape index (κ1) is 47.8. The second-order valence-electron chi connectivity index (χ2n) is 17.6. The van der Waals surface area contributed by atoms with Gasteiger partial charge in [0.1, 0.15) is 24.1 Å². The smallest absolute Gasteiger partial charge is 0.226 e. The molecule has 332 valence electrons. The van der Waals surface area contributed by atoms with E-state index in [2.05, 4.69) is 38.2 Å². The van der Waals surface area contributed by atoms with Gasteiger partial charge in [0.15, 0.2) is 17.3 Å². The Morgan fingerprint density at radius 1 is 0.984 bits per heavy atom. The number of nitrogens with one attached hydrogen (secondary N) is 1. The number of hydrogen-bond acceptors (Lipinski definition) is 11. The minimum Gasteiger partial charge on any atom is -0.507 e. The molecule has 13 heteroatoms. The number of ether oxygens (including phenoxy) is 1. The molecule has 4 aromatic rings. The van der Waals surface area contributed by atoms with Gasteiger partial charge in [0.25, 0.3) is 0 Å². The number of fused-ring (bicyclic) bond motifs is 5. The molecule has 1 aromatic heterocycles. The van der Waals surface area contributed by atoms with E-state index in [4.69, 9.17) is 21.2 Å². The number of hydrogen-bond donors (Lipinski definition) is 4. The molecule has 2 amide bonds.